The molecular weight excluding hydrogens is 146 g/mol. The summed E-state index contributed by atoms with van der Waals surface area (Å²) in [7, 11) is 0. The lowest BCUT2D eigenvalue weighted by molar-refractivity contribution is -0.0191. The van der Waals surface area contributed by atoms with Crippen molar-refractivity contribution >= 4 is 6.72 Å². The Morgan fingerprint density at radius 2 is 2.36 bits per heavy atom. The van der Waals surface area contributed by atoms with E-state index in [0.717, 1.165) is 0 Å². The molecule has 0 saturated carbocycles. The van der Waals surface area contributed by atoms with Crippen LogP contribution in [-0.4, -0.2) is 48.4 Å². The third kappa shape index (κ3) is 1.99. The fourth-order valence-corrected chi connectivity index (χ4v) is 1.24. The maximum Gasteiger partial charge on any atom is 0.107 e. The molecule has 4 nitrogen and oxygen atoms in total. The monoisotopic (exact) mass is 159 g/mol. The topological polar surface area (TPSA) is 62.1 Å². The predicted octanol–water partition coefficient (Wildman–Crippen LogP) is -0.802. The molecule has 1 heterocycles. The smallest absolute Gasteiger partial charge is 0.107 e. The number of aliphatic hydroxyl groups is 2. The van der Waals surface area contributed by atoms with Crippen LogP contribution in [0.15, 0.2) is 4.99 Å². The van der Waals surface area contributed by atoms with Gasteiger partial charge in [-0.05, 0) is 6.72 Å². The van der Waals surface area contributed by atoms with Crippen LogP contribution in [0.25, 0.3) is 0 Å². The summed E-state index contributed by atoms with van der Waals surface area (Å²) in [5.74, 6) is 0. The van der Waals surface area contributed by atoms with E-state index >= 15 is 0 Å². The van der Waals surface area contributed by atoms with Crippen LogP contribution in [0, 0.1) is 0 Å². The molecule has 0 amide bonds. The molecule has 4 heteroatoms. The van der Waals surface area contributed by atoms with Gasteiger partial charge in [0.1, 0.15) is 6.10 Å². The van der Waals surface area contributed by atoms with Crippen molar-refractivity contribution in [2.45, 2.75) is 24.7 Å². The third-order valence-corrected chi connectivity index (χ3v) is 1.81. The fourth-order valence-electron chi connectivity index (χ4n) is 1.24. The van der Waals surface area contributed by atoms with Gasteiger partial charge in [-0.15, -0.1) is 0 Å². The van der Waals surface area contributed by atoms with Crippen LogP contribution in [0.4, 0.5) is 0 Å². The summed E-state index contributed by atoms with van der Waals surface area (Å²) in [4.78, 5) is 3.65. The van der Waals surface area contributed by atoms with Crippen LogP contribution in [0.5, 0.6) is 0 Å². The summed E-state index contributed by atoms with van der Waals surface area (Å²) in [5, 5.41) is 17.9. The molecule has 0 aromatic rings. The van der Waals surface area contributed by atoms with E-state index in [2.05, 4.69) is 11.7 Å². The number of nitrogens with zero attached hydrogens (tertiary/aromatic N) is 1. The Labute approximate surface area is 65.5 Å². The van der Waals surface area contributed by atoms with Crippen LogP contribution in [0.2, 0.25) is 0 Å². The molecule has 0 bridgehead atoms. The van der Waals surface area contributed by atoms with Crippen molar-refractivity contribution in [2.75, 3.05) is 13.2 Å². The van der Waals surface area contributed by atoms with Gasteiger partial charge in [-0.25, -0.2) is 0 Å². The Hall–Kier alpha value is -0.450. The van der Waals surface area contributed by atoms with Gasteiger partial charge < -0.3 is 14.9 Å². The van der Waals surface area contributed by atoms with Crippen molar-refractivity contribution < 1.29 is 14.9 Å². The van der Waals surface area contributed by atoms with E-state index in [1.165, 1.54) is 0 Å². The van der Waals surface area contributed by atoms with Crippen LogP contribution in [0.1, 0.15) is 6.42 Å². The van der Waals surface area contributed by atoms with Gasteiger partial charge in [-0.3, -0.25) is 4.99 Å². The molecule has 64 valence electrons. The van der Waals surface area contributed by atoms with Crippen molar-refractivity contribution in [3.05, 3.63) is 0 Å². The first-order chi connectivity index (χ1) is 5.27. The molecule has 11 heavy (non-hydrogen) atoms. The molecule has 0 spiro atoms. The van der Waals surface area contributed by atoms with Crippen molar-refractivity contribution in [1.29, 1.82) is 0 Å². The van der Waals surface area contributed by atoms with Crippen molar-refractivity contribution in [3.63, 3.8) is 0 Å². The number of aliphatic hydroxyl groups excluding tert-OH is 2. The van der Waals surface area contributed by atoms with Crippen LogP contribution >= 0.6 is 0 Å². The lowest BCUT2D eigenvalue weighted by atomic mass is 10.1. The molecule has 1 aliphatic rings. The third-order valence-electron chi connectivity index (χ3n) is 1.81. The normalized spacial score (nSPS) is 37.5. The van der Waals surface area contributed by atoms with Gasteiger partial charge >= 0.3 is 0 Å². The van der Waals surface area contributed by atoms with Gasteiger partial charge in [0.2, 0.25) is 0 Å². The molecular formula is C7H13NO3. The summed E-state index contributed by atoms with van der Waals surface area (Å²) in [6.45, 7) is 3.69. The molecule has 3 unspecified atom stereocenters. The van der Waals surface area contributed by atoms with E-state index in [1.54, 1.807) is 0 Å². The minimum Gasteiger partial charge on any atom is -0.394 e. The molecule has 1 fully saturated rings. The largest absolute Gasteiger partial charge is 0.394 e. The SMILES string of the molecule is C=NCC1CC(O)C(CO)O1. The van der Waals surface area contributed by atoms with E-state index in [-0.39, 0.29) is 12.7 Å². The van der Waals surface area contributed by atoms with Crippen LogP contribution in [0.3, 0.4) is 0 Å². The second kappa shape index (κ2) is 3.80. The van der Waals surface area contributed by atoms with E-state index in [0.29, 0.717) is 13.0 Å². The Balaban J connectivity index is 2.36. The highest BCUT2D eigenvalue weighted by atomic mass is 16.5. The van der Waals surface area contributed by atoms with Gasteiger partial charge in [-0.2, -0.15) is 0 Å². The average Bonchev–Trinajstić information content (AvgIpc) is 2.32. The summed E-state index contributed by atoms with van der Waals surface area (Å²) in [6, 6.07) is 0. The number of hydrogen-bond donors (Lipinski definition) is 2. The highest BCUT2D eigenvalue weighted by Crippen LogP contribution is 2.19. The van der Waals surface area contributed by atoms with Crippen LogP contribution < -0.4 is 0 Å². The van der Waals surface area contributed by atoms with E-state index in [9.17, 15) is 5.11 Å². The zero-order valence-electron chi connectivity index (χ0n) is 6.31. The van der Waals surface area contributed by atoms with Gasteiger partial charge in [0.25, 0.3) is 0 Å². The standard InChI is InChI=1S/C7H13NO3/c1-8-3-5-2-6(10)7(4-9)11-5/h5-7,9-10H,1-4H2. The Morgan fingerprint density at radius 1 is 1.64 bits per heavy atom. The minimum atomic E-state index is -0.549. The molecule has 0 aromatic heterocycles. The lowest BCUT2D eigenvalue weighted by Gasteiger charge is -2.09. The van der Waals surface area contributed by atoms with E-state index < -0.39 is 12.2 Å². The summed E-state index contributed by atoms with van der Waals surface area (Å²) in [5.41, 5.74) is 0. The van der Waals surface area contributed by atoms with Gasteiger partial charge in [-0.1, -0.05) is 0 Å². The van der Waals surface area contributed by atoms with Gasteiger partial charge in [0, 0.05) is 6.42 Å². The molecule has 2 N–H and O–H groups in total. The maximum atomic E-state index is 9.24. The van der Waals surface area contributed by atoms with E-state index in [4.69, 9.17) is 9.84 Å². The molecule has 1 saturated heterocycles. The second-order valence-electron chi connectivity index (χ2n) is 2.69. The first kappa shape index (κ1) is 8.64. The molecule has 1 aliphatic heterocycles. The Bertz CT molecular complexity index is 140. The van der Waals surface area contributed by atoms with Gasteiger partial charge in [0.05, 0.1) is 25.4 Å². The Morgan fingerprint density at radius 3 is 2.82 bits per heavy atom. The molecule has 0 aliphatic carbocycles. The van der Waals surface area contributed by atoms with Crippen molar-refractivity contribution in [1.82, 2.24) is 0 Å². The minimum absolute atomic E-state index is 0.0698. The first-order valence-electron chi connectivity index (χ1n) is 3.64. The average molecular weight is 159 g/mol. The maximum absolute atomic E-state index is 9.24. The predicted molar refractivity (Wildman–Crippen MR) is 40.8 cm³/mol. The summed E-state index contributed by atoms with van der Waals surface area (Å²) >= 11 is 0. The quantitative estimate of drug-likeness (QED) is 0.530. The van der Waals surface area contributed by atoms with Crippen molar-refractivity contribution in [2.24, 2.45) is 4.99 Å². The number of rotatable bonds is 3. The Kier molecular flexibility index (Phi) is 2.99. The van der Waals surface area contributed by atoms with Crippen molar-refractivity contribution in [3.8, 4) is 0 Å². The zero-order valence-corrected chi connectivity index (χ0v) is 6.31. The number of aliphatic imine (C=N–C) groups is 1. The van der Waals surface area contributed by atoms with Gasteiger partial charge in [0.15, 0.2) is 0 Å². The molecule has 0 radical (unpaired) electrons. The van der Waals surface area contributed by atoms with E-state index in [1.807, 2.05) is 0 Å². The number of ether oxygens (including phenoxy) is 1. The fraction of sp³-hybridized carbons (Fsp3) is 0.857. The summed E-state index contributed by atoms with van der Waals surface area (Å²) in [6.07, 6.45) is -0.502. The lowest BCUT2D eigenvalue weighted by Crippen LogP contribution is -2.24. The van der Waals surface area contributed by atoms with Crippen LogP contribution in [-0.2, 0) is 4.74 Å². The highest BCUT2D eigenvalue weighted by molar-refractivity contribution is 5.23. The molecule has 0 aromatic carbocycles. The summed E-state index contributed by atoms with van der Waals surface area (Å²) < 4.78 is 5.23. The second-order valence-corrected chi connectivity index (χ2v) is 2.69. The number of hydrogen-bond acceptors (Lipinski definition) is 4. The zero-order chi connectivity index (χ0) is 8.27. The highest BCUT2D eigenvalue weighted by Gasteiger charge is 2.32. The molecule has 1 rings (SSSR count). The molecule has 3 atom stereocenters. The first-order valence-corrected chi connectivity index (χ1v) is 3.64.